The summed E-state index contributed by atoms with van der Waals surface area (Å²) in [5.74, 6) is 2.00. The fraction of sp³-hybridized carbons (Fsp3) is 0.333. The molecule has 2 aliphatic heterocycles. The van der Waals surface area contributed by atoms with Crippen LogP contribution in [0.4, 0.5) is 0 Å². The number of nitrogens with zero attached hydrogens (tertiary/aromatic N) is 4. The zero-order valence-corrected chi connectivity index (χ0v) is 18.1. The van der Waals surface area contributed by atoms with E-state index in [4.69, 9.17) is 9.73 Å². The molecule has 3 atom stereocenters. The predicted octanol–water partition coefficient (Wildman–Crippen LogP) is 5.25. The van der Waals surface area contributed by atoms with Crippen LogP contribution in [0.5, 0.6) is 5.75 Å². The van der Waals surface area contributed by atoms with Crippen LogP contribution in [0.3, 0.4) is 0 Å². The van der Waals surface area contributed by atoms with Crippen LogP contribution in [0, 0.1) is 0 Å². The molecule has 4 heterocycles. The van der Waals surface area contributed by atoms with Gasteiger partial charge in [0.15, 0.2) is 5.17 Å². The molecule has 2 aliphatic rings. The quantitative estimate of drug-likeness (QED) is 0.548. The average molecular weight is 419 g/mol. The molecule has 0 saturated carbocycles. The summed E-state index contributed by atoms with van der Waals surface area (Å²) < 4.78 is 7.90. The van der Waals surface area contributed by atoms with Crippen LogP contribution in [-0.4, -0.2) is 38.0 Å². The Morgan fingerprint density at radius 3 is 2.67 bits per heavy atom. The van der Waals surface area contributed by atoms with Crippen molar-refractivity contribution in [1.82, 2.24) is 14.5 Å². The third kappa shape index (κ3) is 3.29. The van der Waals surface area contributed by atoms with E-state index in [-0.39, 0.29) is 12.1 Å². The highest BCUT2D eigenvalue weighted by Gasteiger charge is 2.46. The maximum Gasteiger partial charge on any atom is 0.160 e. The van der Waals surface area contributed by atoms with E-state index in [0.717, 1.165) is 34.5 Å². The minimum absolute atomic E-state index is 0.000557. The fourth-order valence-electron chi connectivity index (χ4n) is 4.41. The summed E-state index contributed by atoms with van der Waals surface area (Å²) in [7, 11) is 0. The molecule has 0 spiro atoms. The van der Waals surface area contributed by atoms with Crippen LogP contribution < -0.4 is 4.74 Å². The number of hydrogen-bond acceptors (Lipinski definition) is 5. The van der Waals surface area contributed by atoms with Crippen LogP contribution in [0.1, 0.15) is 43.7 Å². The second-order valence-electron chi connectivity index (χ2n) is 7.57. The number of thioether (sulfide) groups is 1. The van der Waals surface area contributed by atoms with Gasteiger partial charge in [0, 0.05) is 35.6 Å². The Morgan fingerprint density at radius 2 is 1.93 bits per heavy atom. The van der Waals surface area contributed by atoms with Gasteiger partial charge in [0.2, 0.25) is 0 Å². The van der Waals surface area contributed by atoms with Crippen LogP contribution in [0.2, 0.25) is 0 Å². The number of ether oxygens (including phenoxy) is 1. The zero-order chi connectivity index (χ0) is 20.5. The van der Waals surface area contributed by atoms with E-state index in [0.29, 0.717) is 12.6 Å². The van der Waals surface area contributed by atoms with Crippen molar-refractivity contribution in [3.63, 3.8) is 0 Å². The van der Waals surface area contributed by atoms with E-state index in [9.17, 15) is 0 Å². The summed E-state index contributed by atoms with van der Waals surface area (Å²) in [6, 6.07) is 19.4. The maximum atomic E-state index is 5.62. The van der Waals surface area contributed by atoms with Crippen molar-refractivity contribution in [1.29, 1.82) is 0 Å². The second kappa shape index (κ2) is 8.19. The fourth-order valence-corrected chi connectivity index (χ4v) is 5.75. The molecule has 0 N–H and O–H groups in total. The molecule has 30 heavy (non-hydrogen) atoms. The summed E-state index contributed by atoms with van der Waals surface area (Å²) in [4.78, 5) is 12.3. The van der Waals surface area contributed by atoms with Gasteiger partial charge in [0.1, 0.15) is 17.8 Å². The molecular formula is C24H26N4OS. The van der Waals surface area contributed by atoms with Crippen molar-refractivity contribution in [2.75, 3.05) is 12.4 Å². The number of amidine groups is 1. The Kier molecular flexibility index (Phi) is 5.25. The first-order chi connectivity index (χ1) is 14.8. The average Bonchev–Trinajstić information content (AvgIpc) is 3.50. The first-order valence-electron chi connectivity index (χ1n) is 10.6. The van der Waals surface area contributed by atoms with Gasteiger partial charge >= 0.3 is 0 Å². The molecule has 3 aromatic rings. The van der Waals surface area contributed by atoms with Crippen LogP contribution in [-0.2, 0) is 0 Å². The number of pyridine rings is 1. The third-order valence-corrected chi connectivity index (χ3v) is 6.96. The van der Waals surface area contributed by atoms with E-state index in [2.05, 4.69) is 64.0 Å². The highest BCUT2D eigenvalue weighted by Crippen LogP contribution is 2.48. The van der Waals surface area contributed by atoms with Crippen molar-refractivity contribution in [2.24, 2.45) is 4.99 Å². The van der Waals surface area contributed by atoms with E-state index in [1.807, 2.05) is 43.1 Å². The number of benzene rings is 1. The number of aliphatic imine (C=N–C) groups is 1. The summed E-state index contributed by atoms with van der Waals surface area (Å²) in [5.41, 5.74) is 3.40. The lowest BCUT2D eigenvalue weighted by atomic mass is 9.99. The van der Waals surface area contributed by atoms with Crippen molar-refractivity contribution in [3.05, 3.63) is 78.4 Å². The maximum absolute atomic E-state index is 5.62. The predicted molar refractivity (Wildman–Crippen MR) is 122 cm³/mol. The number of aromatic nitrogens is 2. The van der Waals surface area contributed by atoms with Gasteiger partial charge in [0.25, 0.3) is 0 Å². The lowest BCUT2D eigenvalue weighted by molar-refractivity contribution is 0.249. The number of hydrogen-bond donors (Lipinski definition) is 0. The standard InChI is InChI=1S/C24H26N4OS/c1-3-17-16-30-24-26-22(20-8-5-6-14-25-20)23(28(17)24)21-9-7-15-27(21)18-10-12-19(13-11-18)29-4-2/h5-15,17,22-23H,3-4,16H2,1-2H3/t17-,22-,23+/m0/s1. The molecule has 0 amide bonds. The molecule has 5 rings (SSSR count). The lowest BCUT2D eigenvalue weighted by Crippen LogP contribution is -2.36. The smallest absolute Gasteiger partial charge is 0.160 e. The van der Waals surface area contributed by atoms with E-state index in [1.165, 1.54) is 5.69 Å². The van der Waals surface area contributed by atoms with E-state index >= 15 is 0 Å². The molecular weight excluding hydrogens is 392 g/mol. The molecule has 1 aromatic carbocycles. The van der Waals surface area contributed by atoms with Gasteiger partial charge in [-0.1, -0.05) is 24.8 Å². The summed E-state index contributed by atoms with van der Waals surface area (Å²) in [5, 5.41) is 1.15. The topological polar surface area (TPSA) is 42.6 Å². The summed E-state index contributed by atoms with van der Waals surface area (Å²) >= 11 is 1.88. The van der Waals surface area contributed by atoms with Gasteiger partial charge < -0.3 is 14.2 Å². The minimum Gasteiger partial charge on any atom is -0.494 e. The molecule has 1 saturated heterocycles. The molecule has 1 fully saturated rings. The van der Waals surface area contributed by atoms with Crippen molar-refractivity contribution >= 4 is 16.9 Å². The molecule has 0 radical (unpaired) electrons. The molecule has 2 aromatic heterocycles. The minimum atomic E-state index is -0.000557. The Labute approximate surface area is 181 Å². The Balaban J connectivity index is 1.57. The van der Waals surface area contributed by atoms with Gasteiger partial charge in [-0.2, -0.15) is 0 Å². The monoisotopic (exact) mass is 418 g/mol. The van der Waals surface area contributed by atoms with Gasteiger partial charge in [0.05, 0.1) is 12.3 Å². The molecule has 0 unspecified atom stereocenters. The normalized spacial score (nSPS) is 22.8. The Bertz CT molecular complexity index is 1030. The molecule has 154 valence electrons. The number of fused-ring (bicyclic) bond motifs is 1. The summed E-state index contributed by atoms with van der Waals surface area (Å²) in [6.45, 7) is 4.95. The van der Waals surface area contributed by atoms with Gasteiger partial charge in [-0.15, -0.1) is 0 Å². The second-order valence-corrected chi connectivity index (χ2v) is 8.55. The summed E-state index contributed by atoms with van der Waals surface area (Å²) in [6.07, 6.45) is 5.12. The van der Waals surface area contributed by atoms with E-state index in [1.54, 1.807) is 0 Å². The lowest BCUT2D eigenvalue weighted by Gasteiger charge is -2.32. The third-order valence-electron chi connectivity index (χ3n) is 5.84. The van der Waals surface area contributed by atoms with Crippen LogP contribution >= 0.6 is 11.8 Å². The van der Waals surface area contributed by atoms with Gasteiger partial charge in [-0.05, 0) is 61.9 Å². The Morgan fingerprint density at radius 1 is 1.07 bits per heavy atom. The zero-order valence-electron chi connectivity index (χ0n) is 17.3. The van der Waals surface area contributed by atoms with Crippen molar-refractivity contribution < 1.29 is 4.74 Å². The first kappa shape index (κ1) is 19.2. The van der Waals surface area contributed by atoms with Crippen LogP contribution in [0.25, 0.3) is 5.69 Å². The molecule has 0 bridgehead atoms. The largest absolute Gasteiger partial charge is 0.494 e. The Hall–Kier alpha value is -2.73. The molecule has 5 nitrogen and oxygen atoms in total. The van der Waals surface area contributed by atoms with E-state index < -0.39 is 0 Å². The van der Waals surface area contributed by atoms with Crippen LogP contribution in [0.15, 0.2) is 72.0 Å². The van der Waals surface area contributed by atoms with Crippen molar-refractivity contribution in [2.45, 2.75) is 38.4 Å². The highest BCUT2D eigenvalue weighted by molar-refractivity contribution is 8.14. The molecule has 0 aliphatic carbocycles. The van der Waals surface area contributed by atoms with Gasteiger partial charge in [-0.25, -0.2) is 0 Å². The number of rotatable bonds is 6. The first-order valence-corrected chi connectivity index (χ1v) is 11.6. The SMILES string of the molecule is CCOc1ccc(-n2cccc2[C@@H]2[C@H](c3ccccn3)N=C3SC[C@H](CC)N32)cc1. The highest BCUT2D eigenvalue weighted by atomic mass is 32.2. The van der Waals surface area contributed by atoms with Crippen molar-refractivity contribution in [3.8, 4) is 11.4 Å². The van der Waals surface area contributed by atoms with Gasteiger partial charge in [-0.3, -0.25) is 9.98 Å². The molecule has 6 heteroatoms.